The van der Waals surface area contributed by atoms with Crippen LogP contribution in [0.3, 0.4) is 0 Å². The molecule has 0 unspecified atom stereocenters. The van der Waals surface area contributed by atoms with Gasteiger partial charge in [0.1, 0.15) is 0 Å². The number of carbonyl (C=O) groups is 2. The van der Waals surface area contributed by atoms with Gasteiger partial charge in [0, 0.05) is 29.2 Å². The lowest BCUT2D eigenvalue weighted by Gasteiger charge is -2.05. The maximum absolute atomic E-state index is 12.4. The van der Waals surface area contributed by atoms with Crippen LogP contribution in [0.5, 0.6) is 5.88 Å². The second-order valence-corrected chi connectivity index (χ2v) is 6.65. The zero-order valence-electron chi connectivity index (χ0n) is 16.1. The Balaban J connectivity index is 1.50. The number of nitrogens with zero attached hydrogens (tertiary/aromatic N) is 3. The fourth-order valence-corrected chi connectivity index (χ4v) is 3.10. The number of nitrogens with one attached hydrogen (secondary N) is 1. The van der Waals surface area contributed by atoms with Gasteiger partial charge in [-0.2, -0.15) is 0 Å². The number of rotatable bonds is 4. The lowest BCUT2D eigenvalue weighted by Crippen LogP contribution is -2.11. The molecule has 4 rings (SSSR count). The van der Waals surface area contributed by atoms with Crippen molar-refractivity contribution in [2.45, 2.75) is 0 Å². The summed E-state index contributed by atoms with van der Waals surface area (Å²) in [6.45, 7) is 0. The summed E-state index contributed by atoms with van der Waals surface area (Å²) in [6.07, 6.45) is 0. The molecular formula is C23H18N4O3. The number of carbonyl (C=O) groups excluding carboxylic acids is 2. The zero-order chi connectivity index (χ0) is 21.1. The molecule has 7 nitrogen and oxygen atoms in total. The van der Waals surface area contributed by atoms with Crippen molar-refractivity contribution in [1.29, 1.82) is 0 Å². The van der Waals surface area contributed by atoms with Gasteiger partial charge in [0.2, 0.25) is 5.88 Å². The fourth-order valence-electron chi connectivity index (χ4n) is 3.10. The molecule has 0 radical (unpaired) electrons. The Hall–Kier alpha value is -4.26. The van der Waals surface area contributed by atoms with Crippen molar-refractivity contribution in [2.75, 3.05) is 5.32 Å². The number of hydrogen-bond donors (Lipinski definition) is 2. The molecule has 7 heteroatoms. The molecule has 3 aromatic carbocycles. The number of aromatic nitrogens is 1. The van der Waals surface area contributed by atoms with E-state index in [0.29, 0.717) is 22.2 Å². The monoisotopic (exact) mass is 398 g/mol. The highest BCUT2D eigenvalue weighted by Crippen LogP contribution is 2.37. The second-order valence-electron chi connectivity index (χ2n) is 6.65. The van der Waals surface area contributed by atoms with Crippen molar-refractivity contribution < 1.29 is 14.7 Å². The Morgan fingerprint density at radius 3 is 2.27 bits per heavy atom. The van der Waals surface area contributed by atoms with Crippen molar-refractivity contribution in [2.24, 2.45) is 17.3 Å². The third kappa shape index (κ3) is 3.68. The van der Waals surface area contributed by atoms with E-state index in [1.165, 1.54) is 0 Å². The summed E-state index contributed by atoms with van der Waals surface area (Å²) >= 11 is 0. The van der Waals surface area contributed by atoms with Gasteiger partial charge in [0.05, 0.1) is 5.52 Å². The predicted octanol–water partition coefficient (Wildman–Crippen LogP) is 5.06. The van der Waals surface area contributed by atoms with Gasteiger partial charge >= 0.3 is 0 Å². The van der Waals surface area contributed by atoms with Crippen LogP contribution < -0.4 is 5.32 Å². The van der Waals surface area contributed by atoms with Crippen LogP contribution in [0.2, 0.25) is 0 Å². The minimum atomic E-state index is -0.553. The molecule has 0 aliphatic rings. The first kappa shape index (κ1) is 19.1. The van der Waals surface area contributed by atoms with Crippen molar-refractivity contribution in [3.8, 4) is 5.88 Å². The molecule has 4 aromatic rings. The Bertz CT molecular complexity index is 1260. The standard InChI is InChI=1S/C23H18N4O3/c1-27-19-10-6-5-9-18(19)20(23(27)30)25-26-22(29)16-11-13-17(14-12-16)24-21(28)15-7-3-2-4-8-15/h2-14,30H,1H3,(H,24,28). The van der Waals surface area contributed by atoms with Crippen molar-refractivity contribution >= 4 is 34.1 Å². The number of fused-ring (bicyclic) bond motifs is 1. The van der Waals surface area contributed by atoms with Gasteiger partial charge in [-0.05, 0) is 42.5 Å². The predicted molar refractivity (Wildman–Crippen MR) is 114 cm³/mol. The summed E-state index contributed by atoms with van der Waals surface area (Å²) in [5.74, 6) is -0.851. The lowest BCUT2D eigenvalue weighted by molar-refractivity contribution is 0.0993. The van der Waals surface area contributed by atoms with E-state index in [1.807, 2.05) is 24.3 Å². The van der Waals surface area contributed by atoms with Gasteiger partial charge in [0.25, 0.3) is 11.8 Å². The third-order valence-electron chi connectivity index (χ3n) is 4.72. The van der Waals surface area contributed by atoms with Gasteiger partial charge in [-0.1, -0.05) is 36.4 Å². The number of anilines is 1. The van der Waals surface area contributed by atoms with E-state index < -0.39 is 5.91 Å². The molecule has 148 valence electrons. The van der Waals surface area contributed by atoms with Crippen LogP contribution in [-0.4, -0.2) is 21.5 Å². The third-order valence-corrected chi connectivity index (χ3v) is 4.72. The van der Waals surface area contributed by atoms with Crippen LogP contribution in [0.4, 0.5) is 11.4 Å². The molecule has 2 amide bonds. The molecule has 0 spiro atoms. The first-order valence-corrected chi connectivity index (χ1v) is 9.23. The molecule has 0 saturated carbocycles. The van der Waals surface area contributed by atoms with E-state index in [2.05, 4.69) is 15.5 Å². The number of azo groups is 1. The van der Waals surface area contributed by atoms with Crippen LogP contribution >= 0.6 is 0 Å². The van der Waals surface area contributed by atoms with Gasteiger partial charge in [0.15, 0.2) is 5.69 Å². The van der Waals surface area contributed by atoms with Crippen LogP contribution in [0.25, 0.3) is 10.9 Å². The summed E-state index contributed by atoms with van der Waals surface area (Å²) in [7, 11) is 1.71. The zero-order valence-corrected chi connectivity index (χ0v) is 16.1. The average molecular weight is 398 g/mol. The highest BCUT2D eigenvalue weighted by Gasteiger charge is 2.14. The Morgan fingerprint density at radius 2 is 1.53 bits per heavy atom. The van der Waals surface area contributed by atoms with Gasteiger partial charge in [-0.15, -0.1) is 10.2 Å². The van der Waals surface area contributed by atoms with Crippen LogP contribution in [0.1, 0.15) is 20.7 Å². The van der Waals surface area contributed by atoms with Gasteiger partial charge in [-0.25, -0.2) is 0 Å². The molecule has 0 aliphatic carbocycles. The number of aryl methyl sites for hydroxylation is 1. The van der Waals surface area contributed by atoms with Crippen molar-refractivity contribution in [3.05, 3.63) is 90.0 Å². The van der Waals surface area contributed by atoms with Crippen LogP contribution in [0, 0.1) is 0 Å². The topological polar surface area (TPSA) is 96.0 Å². The highest BCUT2D eigenvalue weighted by atomic mass is 16.3. The molecule has 0 atom stereocenters. The normalized spacial score (nSPS) is 11.1. The summed E-state index contributed by atoms with van der Waals surface area (Å²) < 4.78 is 1.58. The van der Waals surface area contributed by atoms with Crippen molar-refractivity contribution in [1.82, 2.24) is 4.57 Å². The first-order valence-electron chi connectivity index (χ1n) is 9.23. The maximum Gasteiger partial charge on any atom is 0.295 e. The number of hydrogen-bond acceptors (Lipinski definition) is 4. The minimum Gasteiger partial charge on any atom is -0.493 e. The molecule has 1 heterocycles. The molecule has 30 heavy (non-hydrogen) atoms. The molecular weight excluding hydrogens is 380 g/mol. The molecule has 0 fully saturated rings. The Morgan fingerprint density at radius 1 is 0.867 bits per heavy atom. The summed E-state index contributed by atoms with van der Waals surface area (Å²) in [5, 5.41) is 21.5. The van der Waals surface area contributed by atoms with Gasteiger partial charge < -0.3 is 15.0 Å². The average Bonchev–Trinajstić information content (AvgIpc) is 3.03. The Labute approximate surface area is 172 Å². The molecule has 0 aliphatic heterocycles. The van der Waals surface area contributed by atoms with E-state index in [9.17, 15) is 14.7 Å². The number of benzene rings is 3. The smallest absolute Gasteiger partial charge is 0.295 e. The summed E-state index contributed by atoms with van der Waals surface area (Å²) in [4.78, 5) is 24.6. The Kier molecular flexibility index (Phi) is 5.09. The maximum atomic E-state index is 12.4. The largest absolute Gasteiger partial charge is 0.493 e. The highest BCUT2D eigenvalue weighted by molar-refractivity contribution is 6.04. The minimum absolute atomic E-state index is 0.0632. The lowest BCUT2D eigenvalue weighted by atomic mass is 10.2. The summed E-state index contributed by atoms with van der Waals surface area (Å²) in [5.41, 5.74) is 2.45. The van der Waals surface area contributed by atoms with E-state index >= 15 is 0 Å². The number of para-hydroxylation sites is 1. The molecule has 2 N–H and O–H groups in total. The first-order chi connectivity index (χ1) is 14.5. The second kappa shape index (κ2) is 8.00. The van der Waals surface area contributed by atoms with E-state index in [-0.39, 0.29) is 17.5 Å². The van der Waals surface area contributed by atoms with Crippen molar-refractivity contribution in [3.63, 3.8) is 0 Å². The SMILES string of the molecule is Cn1c(O)c(N=NC(=O)c2ccc(NC(=O)c3ccccc3)cc2)c2ccccc21. The fraction of sp³-hybridized carbons (Fsp3) is 0.0435. The number of aromatic hydroxyl groups is 1. The molecule has 0 bridgehead atoms. The molecule has 0 saturated heterocycles. The van der Waals surface area contributed by atoms with E-state index in [1.54, 1.807) is 66.2 Å². The molecule has 1 aromatic heterocycles. The van der Waals surface area contributed by atoms with Crippen LogP contribution in [-0.2, 0) is 7.05 Å². The quantitative estimate of drug-likeness (QED) is 0.470. The van der Waals surface area contributed by atoms with E-state index in [4.69, 9.17) is 0 Å². The van der Waals surface area contributed by atoms with Crippen LogP contribution in [0.15, 0.2) is 89.1 Å². The summed E-state index contributed by atoms with van der Waals surface area (Å²) in [6, 6.07) is 22.5. The van der Waals surface area contributed by atoms with Gasteiger partial charge in [-0.3, -0.25) is 9.59 Å². The van der Waals surface area contributed by atoms with E-state index in [0.717, 1.165) is 5.52 Å². The number of amides is 2.